The van der Waals surface area contributed by atoms with Gasteiger partial charge in [-0.3, -0.25) is 0 Å². The van der Waals surface area contributed by atoms with E-state index in [0.29, 0.717) is 30.0 Å². The summed E-state index contributed by atoms with van der Waals surface area (Å²) in [5.74, 6) is -0.00910. The molecule has 0 aromatic heterocycles. The average Bonchev–Trinajstić information content (AvgIpc) is 3.04. The van der Waals surface area contributed by atoms with E-state index >= 15 is 0 Å². The number of hydrogen-bond donors (Lipinski definition) is 0. The van der Waals surface area contributed by atoms with E-state index in [-0.39, 0.29) is 17.8 Å². The molecule has 1 aliphatic heterocycles. The van der Waals surface area contributed by atoms with Crippen LogP contribution < -0.4 is 0 Å². The molecular formula is C20H25NO4S. The maximum Gasteiger partial charge on any atom is 0.337 e. The van der Waals surface area contributed by atoms with Crippen LogP contribution in [-0.4, -0.2) is 38.9 Å². The molecule has 3 rings (SSSR count). The Morgan fingerprint density at radius 1 is 1.23 bits per heavy atom. The van der Waals surface area contributed by atoms with Crippen LogP contribution in [-0.2, 0) is 19.6 Å². The SMILES string of the molecule is COC(=O)C1=C(C(C)C)CC2CN(S(=O)(=O)c3ccc(C)cc3)CC2=C1. The first-order valence-electron chi connectivity index (χ1n) is 8.82. The summed E-state index contributed by atoms with van der Waals surface area (Å²) in [6.07, 6.45) is 2.55. The molecule has 1 unspecified atom stereocenters. The van der Waals surface area contributed by atoms with E-state index in [4.69, 9.17) is 4.74 Å². The number of methoxy groups -OCH3 is 1. The predicted octanol–water partition coefficient (Wildman–Crippen LogP) is 3.07. The lowest BCUT2D eigenvalue weighted by molar-refractivity contribution is -0.135. The fourth-order valence-corrected chi connectivity index (χ4v) is 5.14. The van der Waals surface area contributed by atoms with Crippen molar-refractivity contribution in [3.63, 3.8) is 0 Å². The van der Waals surface area contributed by atoms with E-state index in [1.54, 1.807) is 12.1 Å². The van der Waals surface area contributed by atoms with Crippen molar-refractivity contribution in [2.75, 3.05) is 20.2 Å². The maximum absolute atomic E-state index is 13.0. The normalized spacial score (nSPS) is 21.0. The quantitative estimate of drug-likeness (QED) is 0.759. The fourth-order valence-electron chi connectivity index (χ4n) is 3.66. The van der Waals surface area contributed by atoms with Gasteiger partial charge in [0.15, 0.2) is 0 Å². The first-order valence-corrected chi connectivity index (χ1v) is 10.3. The Bertz CT molecular complexity index is 879. The largest absolute Gasteiger partial charge is 0.465 e. The van der Waals surface area contributed by atoms with Gasteiger partial charge in [0.1, 0.15) is 0 Å². The van der Waals surface area contributed by atoms with Gasteiger partial charge < -0.3 is 4.74 Å². The van der Waals surface area contributed by atoms with Crippen LogP contribution in [0, 0.1) is 18.8 Å². The summed E-state index contributed by atoms with van der Waals surface area (Å²) in [6.45, 7) is 6.80. The smallest absolute Gasteiger partial charge is 0.337 e. The Morgan fingerprint density at radius 2 is 1.88 bits per heavy atom. The summed E-state index contributed by atoms with van der Waals surface area (Å²) in [4.78, 5) is 12.5. The van der Waals surface area contributed by atoms with Crippen molar-refractivity contribution in [2.24, 2.45) is 11.8 Å². The molecule has 1 aromatic rings. The highest BCUT2D eigenvalue weighted by molar-refractivity contribution is 7.89. The number of carbonyl (C=O) groups excluding carboxylic acids is 1. The van der Waals surface area contributed by atoms with Crippen LogP contribution in [0.25, 0.3) is 0 Å². The maximum atomic E-state index is 13.0. The lowest BCUT2D eigenvalue weighted by atomic mass is 9.81. The molecular weight excluding hydrogens is 350 g/mol. The van der Waals surface area contributed by atoms with Gasteiger partial charge in [-0.1, -0.05) is 37.1 Å². The number of allylic oxidation sites excluding steroid dienone is 1. The van der Waals surface area contributed by atoms with Crippen LogP contribution in [0.1, 0.15) is 25.8 Å². The minimum Gasteiger partial charge on any atom is -0.465 e. The number of carbonyl (C=O) groups is 1. The summed E-state index contributed by atoms with van der Waals surface area (Å²) in [5.41, 5.74) is 3.64. The van der Waals surface area contributed by atoms with Crippen molar-refractivity contribution >= 4 is 16.0 Å². The van der Waals surface area contributed by atoms with Gasteiger partial charge in [-0.25, -0.2) is 13.2 Å². The lowest BCUT2D eigenvalue weighted by Gasteiger charge is -2.24. The Kier molecular flexibility index (Phi) is 5.08. The Labute approximate surface area is 155 Å². The molecule has 0 amide bonds. The third-order valence-corrected chi connectivity index (χ3v) is 7.04. The van der Waals surface area contributed by atoms with E-state index in [2.05, 4.69) is 0 Å². The highest BCUT2D eigenvalue weighted by atomic mass is 32.2. The van der Waals surface area contributed by atoms with Gasteiger partial charge in [0.25, 0.3) is 0 Å². The second-order valence-electron chi connectivity index (χ2n) is 7.32. The van der Waals surface area contributed by atoms with Crippen LogP contribution in [0.2, 0.25) is 0 Å². The molecule has 0 radical (unpaired) electrons. The zero-order chi connectivity index (χ0) is 19.1. The molecule has 6 heteroatoms. The van der Waals surface area contributed by atoms with Gasteiger partial charge in [0.2, 0.25) is 10.0 Å². The van der Waals surface area contributed by atoms with Crippen molar-refractivity contribution in [2.45, 2.75) is 32.1 Å². The first kappa shape index (κ1) is 18.9. The monoisotopic (exact) mass is 375 g/mol. The second-order valence-corrected chi connectivity index (χ2v) is 9.25. The first-order chi connectivity index (χ1) is 12.2. The van der Waals surface area contributed by atoms with Crippen LogP contribution in [0.5, 0.6) is 0 Å². The van der Waals surface area contributed by atoms with Crippen molar-refractivity contribution < 1.29 is 17.9 Å². The molecule has 5 nitrogen and oxygen atoms in total. The molecule has 140 valence electrons. The van der Waals surface area contributed by atoms with Crippen LogP contribution in [0.15, 0.2) is 52.0 Å². The summed E-state index contributed by atoms with van der Waals surface area (Å²) >= 11 is 0. The standard InChI is InChI=1S/C20H25NO4S/c1-13(2)18-9-15-11-21(12-16(15)10-19(18)20(22)25-4)26(23,24)17-7-5-14(3)6-8-17/h5-8,10,13,15H,9,11-12H2,1-4H3. The van der Waals surface area contributed by atoms with Crippen LogP contribution >= 0.6 is 0 Å². The summed E-state index contributed by atoms with van der Waals surface area (Å²) in [5, 5.41) is 0. The van der Waals surface area contributed by atoms with E-state index in [1.807, 2.05) is 39.0 Å². The number of sulfonamides is 1. The molecule has 0 bridgehead atoms. The van der Waals surface area contributed by atoms with Gasteiger partial charge in [-0.2, -0.15) is 4.31 Å². The summed E-state index contributed by atoms with van der Waals surface area (Å²) < 4.78 is 32.4. The third-order valence-electron chi connectivity index (χ3n) is 5.21. The highest BCUT2D eigenvalue weighted by Crippen LogP contribution is 2.39. The molecule has 1 aliphatic carbocycles. The molecule has 0 spiro atoms. The number of esters is 1. The van der Waals surface area contributed by atoms with Crippen LogP contribution in [0.4, 0.5) is 0 Å². The Morgan fingerprint density at radius 3 is 2.46 bits per heavy atom. The van der Waals surface area contributed by atoms with Gasteiger partial charge in [-0.05, 0) is 49.0 Å². The van der Waals surface area contributed by atoms with Gasteiger partial charge in [0, 0.05) is 13.1 Å². The topological polar surface area (TPSA) is 63.7 Å². The van der Waals surface area contributed by atoms with E-state index in [0.717, 1.165) is 16.7 Å². The zero-order valence-corrected chi connectivity index (χ0v) is 16.5. The van der Waals surface area contributed by atoms with Gasteiger partial charge in [-0.15, -0.1) is 0 Å². The third kappa shape index (κ3) is 3.35. The summed E-state index contributed by atoms with van der Waals surface area (Å²) in [6, 6.07) is 6.92. The average molecular weight is 375 g/mol. The molecule has 1 atom stereocenters. The molecule has 0 N–H and O–H groups in total. The van der Waals surface area contributed by atoms with E-state index in [1.165, 1.54) is 11.4 Å². The zero-order valence-electron chi connectivity index (χ0n) is 15.7. The Balaban J connectivity index is 1.89. The molecule has 1 saturated heterocycles. The molecule has 26 heavy (non-hydrogen) atoms. The predicted molar refractivity (Wildman–Crippen MR) is 100 cm³/mol. The summed E-state index contributed by atoms with van der Waals surface area (Å²) in [7, 11) is -2.16. The molecule has 1 aromatic carbocycles. The number of aryl methyl sites for hydroxylation is 1. The second kappa shape index (κ2) is 7.00. The molecule has 1 fully saturated rings. The molecule has 0 saturated carbocycles. The number of ether oxygens (including phenoxy) is 1. The number of nitrogens with zero attached hydrogens (tertiary/aromatic N) is 1. The van der Waals surface area contributed by atoms with E-state index < -0.39 is 10.0 Å². The molecule has 1 heterocycles. The Hall–Kier alpha value is -1.92. The molecule has 2 aliphatic rings. The minimum atomic E-state index is -3.54. The van der Waals surface area contributed by atoms with Gasteiger partial charge in [0.05, 0.1) is 17.6 Å². The van der Waals surface area contributed by atoms with Crippen molar-refractivity contribution in [3.05, 3.63) is 52.6 Å². The van der Waals surface area contributed by atoms with Crippen molar-refractivity contribution in [1.29, 1.82) is 0 Å². The highest BCUT2D eigenvalue weighted by Gasteiger charge is 2.39. The number of rotatable bonds is 4. The fraction of sp³-hybridized carbons (Fsp3) is 0.450. The number of hydrogen-bond acceptors (Lipinski definition) is 4. The van der Waals surface area contributed by atoms with Crippen molar-refractivity contribution in [1.82, 2.24) is 4.31 Å². The van der Waals surface area contributed by atoms with Gasteiger partial charge >= 0.3 is 5.97 Å². The van der Waals surface area contributed by atoms with Crippen molar-refractivity contribution in [3.8, 4) is 0 Å². The van der Waals surface area contributed by atoms with E-state index in [9.17, 15) is 13.2 Å². The van der Waals surface area contributed by atoms with Crippen LogP contribution in [0.3, 0.4) is 0 Å². The number of benzene rings is 1. The minimum absolute atomic E-state index is 0.126. The lowest BCUT2D eigenvalue weighted by Crippen LogP contribution is -2.29. The number of fused-ring (bicyclic) bond motifs is 1.